The van der Waals surface area contributed by atoms with Gasteiger partial charge in [0.15, 0.2) is 17.2 Å². The minimum Gasteiger partial charge on any atom is -0.463 e. The quantitative estimate of drug-likeness (QED) is 0.264. The van der Waals surface area contributed by atoms with E-state index in [1.165, 1.54) is 49.2 Å². The van der Waals surface area contributed by atoms with Crippen molar-refractivity contribution in [2.45, 2.75) is 10.1 Å². The van der Waals surface area contributed by atoms with Gasteiger partial charge in [-0.15, -0.1) is 10.2 Å². The molecule has 1 aromatic carbocycles. The van der Waals surface area contributed by atoms with Crippen LogP contribution in [0.4, 0.5) is 11.6 Å². The first kappa shape index (κ1) is 24.1. The number of hydrogen-bond acceptors (Lipinski definition) is 11. The van der Waals surface area contributed by atoms with Crippen LogP contribution in [0.2, 0.25) is 0 Å². The lowest BCUT2D eigenvalue weighted by Crippen LogP contribution is -2.16. The summed E-state index contributed by atoms with van der Waals surface area (Å²) in [5, 5.41) is 11.3. The molecular formula is C23H17N7O5S2. The molecule has 4 aromatic heterocycles. The molecule has 12 nitrogen and oxygen atoms in total. The predicted molar refractivity (Wildman–Crippen MR) is 134 cm³/mol. The maximum atomic E-state index is 12.5. The van der Waals surface area contributed by atoms with Crippen LogP contribution >= 0.6 is 11.8 Å². The molecule has 0 radical (unpaired) electrons. The summed E-state index contributed by atoms with van der Waals surface area (Å²) in [6, 6.07) is 14.2. The van der Waals surface area contributed by atoms with Gasteiger partial charge in [-0.05, 0) is 54.6 Å². The summed E-state index contributed by atoms with van der Waals surface area (Å²) >= 11 is 1.08. The molecule has 0 unspecified atom stereocenters. The summed E-state index contributed by atoms with van der Waals surface area (Å²) in [6.45, 7) is 0. The second kappa shape index (κ2) is 10.6. The summed E-state index contributed by atoms with van der Waals surface area (Å²) in [6.07, 6.45) is 5.89. The number of sulfonamides is 1. The molecule has 0 aliphatic carbocycles. The van der Waals surface area contributed by atoms with Crippen molar-refractivity contribution in [1.29, 1.82) is 0 Å². The van der Waals surface area contributed by atoms with Gasteiger partial charge in [-0.3, -0.25) is 4.79 Å². The van der Waals surface area contributed by atoms with Crippen molar-refractivity contribution in [1.82, 2.24) is 25.1 Å². The second-order valence-electron chi connectivity index (χ2n) is 7.29. The van der Waals surface area contributed by atoms with Crippen molar-refractivity contribution in [3.63, 3.8) is 0 Å². The number of furan rings is 2. The molecule has 37 heavy (non-hydrogen) atoms. The number of aromatic nitrogens is 5. The van der Waals surface area contributed by atoms with Gasteiger partial charge < -0.3 is 14.2 Å². The number of hydrogen-bond donors (Lipinski definition) is 2. The topological polar surface area (TPSA) is 166 Å². The normalized spacial score (nSPS) is 11.2. The first-order valence-corrected chi connectivity index (χ1v) is 13.1. The van der Waals surface area contributed by atoms with E-state index in [0.717, 1.165) is 11.8 Å². The summed E-state index contributed by atoms with van der Waals surface area (Å²) in [7, 11) is -3.88. The zero-order valence-corrected chi connectivity index (χ0v) is 20.4. The molecule has 1 amide bonds. The van der Waals surface area contributed by atoms with E-state index in [-0.39, 0.29) is 27.7 Å². The number of carbonyl (C=O) groups excluding carboxylic acids is 1. The van der Waals surface area contributed by atoms with Crippen molar-refractivity contribution < 1.29 is 22.0 Å². The Hall–Kier alpha value is -4.56. The molecule has 186 valence electrons. The number of carbonyl (C=O) groups is 1. The fourth-order valence-electron chi connectivity index (χ4n) is 3.11. The zero-order chi connectivity index (χ0) is 25.7. The van der Waals surface area contributed by atoms with Gasteiger partial charge in [-0.2, -0.15) is 0 Å². The highest BCUT2D eigenvalue weighted by molar-refractivity contribution is 7.99. The highest BCUT2D eigenvalue weighted by Crippen LogP contribution is 2.30. The largest absolute Gasteiger partial charge is 0.463 e. The standard InChI is InChI=1S/C23H17N7O5S2/c31-19(26-15-6-8-16(9-7-15)37(32,33)30-22-24-10-3-11-25-22)14-36-23-27-20(17-4-1-12-34-17)21(28-29-23)18-5-2-13-35-18/h1-13H,14H2,(H,26,31)(H,24,25,30). The van der Waals surface area contributed by atoms with Crippen LogP contribution in [0.15, 0.2) is 98.4 Å². The van der Waals surface area contributed by atoms with Gasteiger partial charge in [0.05, 0.1) is 23.2 Å². The lowest BCUT2D eigenvalue weighted by atomic mass is 10.2. The molecule has 14 heteroatoms. The molecular weight excluding hydrogens is 518 g/mol. The van der Waals surface area contributed by atoms with E-state index in [1.807, 2.05) is 0 Å². The summed E-state index contributed by atoms with van der Waals surface area (Å²) in [5.41, 5.74) is 1.27. The monoisotopic (exact) mass is 535 g/mol. The van der Waals surface area contributed by atoms with E-state index in [2.05, 4.69) is 35.2 Å². The van der Waals surface area contributed by atoms with Gasteiger partial charge in [-0.25, -0.2) is 28.1 Å². The van der Waals surface area contributed by atoms with Crippen molar-refractivity contribution in [2.24, 2.45) is 0 Å². The SMILES string of the molecule is O=C(CSc1nnc(-c2ccco2)c(-c2ccco2)n1)Nc1ccc(S(=O)(=O)Nc2ncccn2)cc1. The Morgan fingerprint density at radius 3 is 2.19 bits per heavy atom. The third kappa shape index (κ3) is 5.82. The van der Waals surface area contributed by atoms with Crippen LogP contribution in [-0.2, 0) is 14.8 Å². The van der Waals surface area contributed by atoms with E-state index in [1.54, 1.807) is 30.3 Å². The lowest BCUT2D eigenvalue weighted by Gasteiger charge is -2.08. The van der Waals surface area contributed by atoms with E-state index >= 15 is 0 Å². The summed E-state index contributed by atoms with van der Waals surface area (Å²) in [4.78, 5) is 24.7. The average Bonchev–Trinajstić information content (AvgIpc) is 3.63. The molecule has 0 saturated carbocycles. The van der Waals surface area contributed by atoms with E-state index < -0.39 is 10.0 Å². The third-order valence-corrected chi connectivity index (χ3v) is 6.93. The Morgan fingerprint density at radius 2 is 1.54 bits per heavy atom. The Labute approximate surface area is 214 Å². The Morgan fingerprint density at radius 1 is 0.865 bits per heavy atom. The molecule has 0 aliphatic rings. The van der Waals surface area contributed by atoms with Crippen molar-refractivity contribution in [3.05, 3.63) is 79.5 Å². The molecule has 2 N–H and O–H groups in total. The molecule has 5 aromatic rings. The number of anilines is 2. The molecule has 0 aliphatic heterocycles. The van der Waals surface area contributed by atoms with Crippen molar-refractivity contribution in [3.8, 4) is 22.9 Å². The molecule has 0 bridgehead atoms. The fourth-order valence-corrected chi connectivity index (χ4v) is 4.66. The van der Waals surface area contributed by atoms with Gasteiger partial charge in [0.1, 0.15) is 5.69 Å². The lowest BCUT2D eigenvalue weighted by molar-refractivity contribution is -0.113. The first-order chi connectivity index (χ1) is 18.0. The van der Waals surface area contributed by atoms with E-state index in [4.69, 9.17) is 8.83 Å². The molecule has 0 saturated heterocycles. The zero-order valence-electron chi connectivity index (χ0n) is 18.8. The van der Waals surface area contributed by atoms with Crippen LogP contribution in [-0.4, -0.2) is 45.2 Å². The Balaban J connectivity index is 1.22. The molecule has 0 fully saturated rings. The van der Waals surface area contributed by atoms with Crippen LogP contribution < -0.4 is 10.0 Å². The van der Waals surface area contributed by atoms with Crippen LogP contribution in [0.1, 0.15) is 0 Å². The van der Waals surface area contributed by atoms with Gasteiger partial charge in [-0.1, -0.05) is 11.8 Å². The minimum absolute atomic E-state index is 0.00564. The Bertz CT molecular complexity index is 1590. The summed E-state index contributed by atoms with van der Waals surface area (Å²) < 4.78 is 38.2. The van der Waals surface area contributed by atoms with E-state index in [0.29, 0.717) is 28.6 Å². The number of amides is 1. The van der Waals surface area contributed by atoms with E-state index in [9.17, 15) is 13.2 Å². The predicted octanol–water partition coefficient (Wildman–Crippen LogP) is 3.71. The van der Waals surface area contributed by atoms with Gasteiger partial charge >= 0.3 is 0 Å². The number of thioether (sulfide) groups is 1. The summed E-state index contributed by atoms with van der Waals surface area (Å²) in [5.74, 6) is 0.580. The van der Waals surface area contributed by atoms with Gasteiger partial charge in [0.25, 0.3) is 10.0 Å². The number of benzene rings is 1. The number of nitrogens with zero attached hydrogens (tertiary/aromatic N) is 5. The van der Waals surface area contributed by atoms with Crippen molar-refractivity contribution >= 4 is 39.3 Å². The van der Waals surface area contributed by atoms with Crippen LogP contribution in [0.25, 0.3) is 22.9 Å². The van der Waals surface area contributed by atoms with Crippen molar-refractivity contribution in [2.75, 3.05) is 15.8 Å². The molecule has 4 heterocycles. The highest BCUT2D eigenvalue weighted by atomic mass is 32.2. The number of rotatable bonds is 9. The first-order valence-electron chi connectivity index (χ1n) is 10.6. The second-order valence-corrected chi connectivity index (χ2v) is 9.91. The van der Waals surface area contributed by atoms with Crippen LogP contribution in [0.5, 0.6) is 0 Å². The number of nitrogens with one attached hydrogen (secondary N) is 2. The van der Waals surface area contributed by atoms with Gasteiger partial charge in [0.2, 0.25) is 17.0 Å². The molecule has 0 spiro atoms. The Kier molecular flexibility index (Phi) is 6.91. The third-order valence-electron chi connectivity index (χ3n) is 4.75. The molecule has 0 atom stereocenters. The van der Waals surface area contributed by atoms with Crippen LogP contribution in [0, 0.1) is 0 Å². The maximum Gasteiger partial charge on any atom is 0.264 e. The maximum absolute atomic E-state index is 12.5. The fraction of sp³-hybridized carbons (Fsp3) is 0.0435. The average molecular weight is 536 g/mol. The van der Waals surface area contributed by atoms with Crippen LogP contribution in [0.3, 0.4) is 0 Å². The van der Waals surface area contributed by atoms with Gasteiger partial charge in [0, 0.05) is 18.1 Å². The minimum atomic E-state index is -3.88. The molecule has 5 rings (SSSR count). The smallest absolute Gasteiger partial charge is 0.264 e. The highest BCUT2D eigenvalue weighted by Gasteiger charge is 2.19.